The molecular formula is C13H28N2O5Si. The third-order valence-electron chi connectivity index (χ3n) is 2.78. The number of hydrogen-bond donors (Lipinski definition) is 2. The normalized spacial score (nSPS) is 13.0. The predicted octanol–water partition coefficient (Wildman–Crippen LogP) is 0.457. The Hall–Kier alpha value is -0.803. The Labute approximate surface area is 127 Å². The van der Waals surface area contributed by atoms with Gasteiger partial charge in [-0.2, -0.15) is 0 Å². The van der Waals surface area contributed by atoms with Crippen molar-refractivity contribution in [2.24, 2.45) is 5.73 Å². The lowest BCUT2D eigenvalue weighted by molar-refractivity contribution is -0.124. The fourth-order valence-electron chi connectivity index (χ4n) is 1.84. The van der Waals surface area contributed by atoms with E-state index in [1.807, 2.05) is 20.8 Å². The second-order valence-corrected chi connectivity index (χ2v) is 7.24. The van der Waals surface area contributed by atoms with E-state index in [0.29, 0.717) is 32.3 Å². The highest BCUT2D eigenvalue weighted by Gasteiger charge is 2.40. The number of Topliss-reactive ketones (excluding diaryl/α,β-unsaturated/α-hetero) is 1. The van der Waals surface area contributed by atoms with Crippen LogP contribution in [0.4, 0.5) is 0 Å². The predicted molar refractivity (Wildman–Crippen MR) is 81.7 cm³/mol. The van der Waals surface area contributed by atoms with Crippen molar-refractivity contribution in [2.45, 2.75) is 46.2 Å². The smallest absolute Gasteiger partial charge is 0.374 e. The average Bonchev–Trinajstić information content (AvgIpc) is 2.43. The summed E-state index contributed by atoms with van der Waals surface area (Å²) in [4.78, 5) is 22.6. The van der Waals surface area contributed by atoms with Crippen LogP contribution in [0.15, 0.2) is 0 Å². The maximum atomic E-state index is 11.8. The van der Waals surface area contributed by atoms with Crippen LogP contribution in [-0.4, -0.2) is 52.9 Å². The van der Waals surface area contributed by atoms with E-state index in [9.17, 15) is 9.59 Å². The van der Waals surface area contributed by atoms with Crippen molar-refractivity contribution < 1.29 is 22.9 Å². The van der Waals surface area contributed by atoms with Crippen molar-refractivity contribution in [1.82, 2.24) is 5.32 Å². The fraction of sp³-hybridized carbons (Fsp3) is 0.846. The molecule has 8 heteroatoms. The van der Waals surface area contributed by atoms with Crippen molar-refractivity contribution in [3.8, 4) is 0 Å². The lowest BCUT2D eigenvalue weighted by Gasteiger charge is -2.29. The van der Waals surface area contributed by atoms with Crippen molar-refractivity contribution in [3.63, 3.8) is 0 Å². The van der Waals surface area contributed by atoms with Crippen molar-refractivity contribution in [2.75, 3.05) is 26.4 Å². The van der Waals surface area contributed by atoms with Crippen LogP contribution in [-0.2, 0) is 22.9 Å². The van der Waals surface area contributed by atoms with Gasteiger partial charge in [0, 0.05) is 32.8 Å². The van der Waals surface area contributed by atoms with Crippen LogP contribution in [0.25, 0.3) is 0 Å². The molecule has 0 aliphatic carbocycles. The molecular weight excluding hydrogens is 292 g/mol. The van der Waals surface area contributed by atoms with Crippen LogP contribution in [0.1, 0.15) is 34.1 Å². The minimum absolute atomic E-state index is 0.0526. The van der Waals surface area contributed by atoms with Gasteiger partial charge in [-0.1, -0.05) is 0 Å². The molecule has 0 aromatic carbocycles. The molecule has 0 aromatic heterocycles. The molecule has 0 radical (unpaired) electrons. The van der Waals surface area contributed by atoms with Crippen molar-refractivity contribution in [3.05, 3.63) is 0 Å². The van der Waals surface area contributed by atoms with E-state index < -0.39 is 14.8 Å². The highest BCUT2D eigenvalue weighted by Crippen LogP contribution is 2.19. The summed E-state index contributed by atoms with van der Waals surface area (Å²) in [6.07, 6.45) is 0.407. The van der Waals surface area contributed by atoms with E-state index >= 15 is 0 Å². The van der Waals surface area contributed by atoms with Gasteiger partial charge in [-0.15, -0.1) is 0 Å². The molecule has 21 heavy (non-hydrogen) atoms. The Morgan fingerprint density at radius 1 is 1.10 bits per heavy atom. The molecule has 0 bridgehead atoms. The SMILES string of the molecule is CCO[Si](CCC(N)C(=O)CNC(C)=O)(OCC)OCC. The molecule has 0 rings (SSSR count). The lowest BCUT2D eigenvalue weighted by Crippen LogP contribution is -2.48. The van der Waals surface area contributed by atoms with E-state index in [1.165, 1.54) is 6.92 Å². The van der Waals surface area contributed by atoms with Gasteiger partial charge in [0.2, 0.25) is 5.91 Å². The largest absolute Gasteiger partial charge is 0.500 e. The summed E-state index contributed by atoms with van der Waals surface area (Å²) in [5.41, 5.74) is 5.85. The Morgan fingerprint density at radius 3 is 1.95 bits per heavy atom. The quantitative estimate of drug-likeness (QED) is 0.507. The maximum absolute atomic E-state index is 11.8. The molecule has 1 atom stereocenters. The summed E-state index contributed by atoms with van der Waals surface area (Å²) in [5, 5.41) is 2.45. The monoisotopic (exact) mass is 320 g/mol. The van der Waals surface area contributed by atoms with Gasteiger partial charge in [-0.05, 0) is 27.2 Å². The molecule has 0 aliphatic rings. The summed E-state index contributed by atoms with van der Waals surface area (Å²) in [5.74, 6) is -0.463. The van der Waals surface area contributed by atoms with Gasteiger partial charge in [-0.3, -0.25) is 9.59 Å². The number of nitrogens with one attached hydrogen (secondary N) is 1. The first-order chi connectivity index (χ1) is 9.90. The number of hydrogen-bond acceptors (Lipinski definition) is 6. The Bertz CT molecular complexity index is 311. The van der Waals surface area contributed by atoms with E-state index in [0.717, 1.165) is 0 Å². The molecule has 0 saturated heterocycles. The summed E-state index contributed by atoms with van der Waals surface area (Å²) < 4.78 is 17.1. The number of ketones is 1. The average molecular weight is 320 g/mol. The first-order valence-corrected chi connectivity index (χ1v) is 9.28. The molecule has 3 N–H and O–H groups in total. The third-order valence-corrected chi connectivity index (χ3v) is 5.87. The fourth-order valence-corrected chi connectivity index (χ4v) is 4.50. The highest BCUT2D eigenvalue weighted by atomic mass is 28.4. The number of carbonyl (C=O) groups is 2. The summed E-state index contributed by atoms with van der Waals surface area (Å²) in [6.45, 7) is 8.40. The molecule has 0 heterocycles. The second-order valence-electron chi connectivity index (χ2n) is 4.50. The van der Waals surface area contributed by atoms with Crippen LogP contribution in [0.2, 0.25) is 6.04 Å². The Balaban J connectivity index is 4.50. The maximum Gasteiger partial charge on any atom is 0.500 e. The number of amides is 1. The zero-order valence-corrected chi connectivity index (χ0v) is 14.4. The van der Waals surface area contributed by atoms with Gasteiger partial charge in [0.25, 0.3) is 0 Å². The van der Waals surface area contributed by atoms with Gasteiger partial charge in [-0.25, -0.2) is 0 Å². The Morgan fingerprint density at radius 2 is 1.57 bits per heavy atom. The second kappa shape index (κ2) is 10.9. The molecule has 124 valence electrons. The summed E-state index contributed by atoms with van der Waals surface area (Å²) >= 11 is 0. The molecule has 1 unspecified atom stereocenters. The first kappa shape index (κ1) is 20.2. The van der Waals surface area contributed by atoms with Gasteiger partial charge < -0.3 is 24.3 Å². The number of nitrogens with two attached hydrogens (primary N) is 1. The number of carbonyl (C=O) groups excluding carboxylic acids is 2. The summed E-state index contributed by atoms with van der Waals surface area (Å²) in [7, 11) is -2.77. The van der Waals surface area contributed by atoms with Crippen LogP contribution >= 0.6 is 0 Å². The minimum atomic E-state index is -2.77. The van der Waals surface area contributed by atoms with Crippen molar-refractivity contribution in [1.29, 1.82) is 0 Å². The zero-order chi connectivity index (χ0) is 16.3. The molecule has 1 amide bonds. The summed E-state index contributed by atoms with van der Waals surface area (Å²) in [6, 6.07) is -0.180. The van der Waals surface area contributed by atoms with E-state index in [-0.39, 0.29) is 18.2 Å². The first-order valence-electron chi connectivity index (χ1n) is 7.35. The van der Waals surface area contributed by atoms with Gasteiger partial charge in [0.1, 0.15) is 0 Å². The van der Waals surface area contributed by atoms with Crippen LogP contribution in [0.5, 0.6) is 0 Å². The third kappa shape index (κ3) is 8.27. The lowest BCUT2D eigenvalue weighted by atomic mass is 10.1. The topological polar surface area (TPSA) is 99.9 Å². The minimum Gasteiger partial charge on any atom is -0.374 e. The molecule has 0 saturated carbocycles. The molecule has 0 aromatic rings. The highest BCUT2D eigenvalue weighted by molar-refractivity contribution is 6.60. The van der Waals surface area contributed by atoms with Gasteiger partial charge in [0.15, 0.2) is 5.78 Å². The molecule has 0 fully saturated rings. The molecule has 7 nitrogen and oxygen atoms in total. The van der Waals surface area contributed by atoms with Gasteiger partial charge >= 0.3 is 8.80 Å². The molecule has 0 spiro atoms. The van der Waals surface area contributed by atoms with Crippen LogP contribution in [0, 0.1) is 0 Å². The van der Waals surface area contributed by atoms with Crippen molar-refractivity contribution >= 4 is 20.5 Å². The standard InChI is InChI=1S/C13H28N2O5Si/c1-5-18-21(19-6-2,20-7-3)9-8-12(14)13(17)10-15-11(4)16/h12H,5-10,14H2,1-4H3,(H,15,16). The van der Waals surface area contributed by atoms with Gasteiger partial charge in [0.05, 0.1) is 12.6 Å². The van der Waals surface area contributed by atoms with Crippen LogP contribution < -0.4 is 11.1 Å². The van der Waals surface area contributed by atoms with E-state index in [2.05, 4.69) is 5.32 Å². The molecule has 0 aliphatic heterocycles. The zero-order valence-electron chi connectivity index (χ0n) is 13.4. The van der Waals surface area contributed by atoms with E-state index in [4.69, 9.17) is 19.0 Å². The Kier molecular flexibility index (Phi) is 10.4. The number of rotatable bonds is 12. The van der Waals surface area contributed by atoms with E-state index in [1.54, 1.807) is 0 Å². The van der Waals surface area contributed by atoms with Crippen LogP contribution in [0.3, 0.4) is 0 Å².